The van der Waals surface area contributed by atoms with Crippen LogP contribution in [-0.4, -0.2) is 56.2 Å². The van der Waals surface area contributed by atoms with Crippen LogP contribution in [0.5, 0.6) is 0 Å². The van der Waals surface area contributed by atoms with Gasteiger partial charge in [0.1, 0.15) is 6.73 Å². The van der Waals surface area contributed by atoms with Crippen LogP contribution in [0.15, 0.2) is 27.7 Å². The summed E-state index contributed by atoms with van der Waals surface area (Å²) in [6.07, 6.45) is 1.10. The lowest BCUT2D eigenvalue weighted by Gasteiger charge is -2.17. The van der Waals surface area contributed by atoms with Crippen molar-refractivity contribution in [3.63, 3.8) is 0 Å². The lowest BCUT2D eigenvalue weighted by atomic mass is 10.2. The molecule has 1 aromatic heterocycles. The van der Waals surface area contributed by atoms with E-state index < -0.39 is 37.0 Å². The van der Waals surface area contributed by atoms with Gasteiger partial charge < -0.3 is 4.74 Å². The first-order valence-electron chi connectivity index (χ1n) is 9.00. The molecule has 6 nitrogen and oxygen atoms in total. The molecule has 0 radical (unpaired) electrons. The van der Waals surface area contributed by atoms with Crippen molar-refractivity contribution in [2.75, 3.05) is 19.7 Å². The number of hydrogen-bond donors (Lipinski definition) is 0. The van der Waals surface area contributed by atoms with E-state index in [9.17, 15) is 17.2 Å². The number of nitrogens with zero attached hydrogens (tertiary/aromatic N) is 3. The van der Waals surface area contributed by atoms with Crippen molar-refractivity contribution in [2.45, 2.75) is 49.7 Å². The number of halogens is 3. The Morgan fingerprint density at radius 1 is 1.32 bits per heavy atom. The summed E-state index contributed by atoms with van der Waals surface area (Å²) in [4.78, 5) is -0.0243. The second kappa shape index (κ2) is 7.75. The highest BCUT2D eigenvalue weighted by molar-refractivity contribution is 9.10. The van der Waals surface area contributed by atoms with Gasteiger partial charge in [0.15, 0.2) is 0 Å². The van der Waals surface area contributed by atoms with E-state index in [1.165, 1.54) is 12.1 Å². The molecule has 0 atom stereocenters. The molecule has 1 fully saturated rings. The molecule has 0 aliphatic carbocycles. The third-order valence-corrected chi connectivity index (χ3v) is 8.77. The topological polar surface area (TPSA) is 64.4 Å². The van der Waals surface area contributed by atoms with E-state index in [0.717, 1.165) is 10.3 Å². The zero-order valence-corrected chi connectivity index (χ0v) is 19.5. The van der Waals surface area contributed by atoms with Crippen molar-refractivity contribution >= 4 is 44.9 Å². The van der Waals surface area contributed by atoms with Crippen molar-refractivity contribution in [1.29, 1.82) is 0 Å². The van der Waals surface area contributed by atoms with Gasteiger partial charge in [-0.15, -0.1) is 0 Å². The van der Waals surface area contributed by atoms with Gasteiger partial charge in [-0.05, 0) is 34.1 Å². The van der Waals surface area contributed by atoms with Gasteiger partial charge >= 0.3 is 0 Å². The number of benzene rings is 1. The van der Waals surface area contributed by atoms with Crippen LogP contribution in [0.2, 0.25) is 25.7 Å². The predicted molar refractivity (Wildman–Crippen MR) is 110 cm³/mol. The summed E-state index contributed by atoms with van der Waals surface area (Å²) in [5.41, 5.74) is 0.707. The first-order chi connectivity index (χ1) is 12.9. The Hall–Kier alpha value is -0.883. The average molecular weight is 496 g/mol. The molecule has 0 saturated carbocycles. The standard InChI is InChI=1S/C17H24BrF2N3O3SSi/c1-28(2,3)7-6-26-12-23-16-13(10-21-23)8-14(9-15(16)18)27(24,25)22-5-4-17(19,20)11-22/h8-10H,4-7,11-12H2,1-3H3. The minimum absolute atomic E-state index is 0.0243. The maximum atomic E-state index is 13.5. The largest absolute Gasteiger partial charge is 0.360 e. The molecular formula is C17H24BrF2N3O3SSi. The van der Waals surface area contributed by atoms with Crippen LogP contribution >= 0.6 is 15.9 Å². The van der Waals surface area contributed by atoms with Crippen LogP contribution < -0.4 is 0 Å². The number of hydrogen-bond acceptors (Lipinski definition) is 4. The molecule has 1 aliphatic rings. The molecule has 1 aromatic carbocycles. The minimum Gasteiger partial charge on any atom is -0.360 e. The van der Waals surface area contributed by atoms with Crippen molar-refractivity contribution in [1.82, 2.24) is 14.1 Å². The van der Waals surface area contributed by atoms with Crippen molar-refractivity contribution in [3.8, 4) is 0 Å². The van der Waals surface area contributed by atoms with E-state index >= 15 is 0 Å². The Bertz CT molecular complexity index is 976. The molecule has 0 unspecified atom stereocenters. The lowest BCUT2D eigenvalue weighted by molar-refractivity contribution is 0.0183. The zero-order chi connectivity index (χ0) is 20.7. The normalized spacial score (nSPS) is 18.2. The highest BCUT2D eigenvalue weighted by Gasteiger charge is 2.43. The number of ether oxygens (including phenoxy) is 1. The van der Waals surface area contributed by atoms with E-state index in [2.05, 4.69) is 40.7 Å². The van der Waals surface area contributed by atoms with E-state index in [1.54, 1.807) is 10.9 Å². The van der Waals surface area contributed by atoms with Gasteiger partial charge in [0.25, 0.3) is 5.92 Å². The monoisotopic (exact) mass is 495 g/mol. The van der Waals surface area contributed by atoms with Crippen molar-refractivity contribution in [2.24, 2.45) is 0 Å². The van der Waals surface area contributed by atoms with Gasteiger partial charge in [-0.3, -0.25) is 0 Å². The molecule has 28 heavy (non-hydrogen) atoms. The van der Waals surface area contributed by atoms with E-state index in [0.29, 0.717) is 22.0 Å². The Morgan fingerprint density at radius 3 is 2.64 bits per heavy atom. The SMILES string of the molecule is C[Si](C)(C)CCOCn1ncc2cc(S(=O)(=O)N3CCC(F)(F)C3)cc(Br)c21. The van der Waals surface area contributed by atoms with Gasteiger partial charge in [-0.25, -0.2) is 21.9 Å². The fraction of sp³-hybridized carbons (Fsp3) is 0.588. The van der Waals surface area contributed by atoms with Crippen LogP contribution in [0.3, 0.4) is 0 Å². The zero-order valence-electron chi connectivity index (χ0n) is 16.1. The average Bonchev–Trinajstić information content (AvgIpc) is 3.14. The Morgan fingerprint density at radius 2 is 2.04 bits per heavy atom. The Kier molecular flexibility index (Phi) is 6.04. The number of aromatic nitrogens is 2. The quantitative estimate of drug-likeness (QED) is 0.427. The van der Waals surface area contributed by atoms with Crippen LogP contribution in [0, 0.1) is 0 Å². The molecule has 0 spiro atoms. The van der Waals surface area contributed by atoms with E-state index in [1.807, 2.05) is 0 Å². The van der Waals surface area contributed by atoms with Gasteiger partial charge in [0.05, 0.1) is 23.2 Å². The van der Waals surface area contributed by atoms with E-state index in [-0.39, 0.29) is 18.2 Å². The molecule has 2 aromatic rings. The van der Waals surface area contributed by atoms with Crippen LogP contribution in [0.4, 0.5) is 8.78 Å². The summed E-state index contributed by atoms with van der Waals surface area (Å²) in [6.45, 7) is 6.75. The van der Waals surface area contributed by atoms with Gasteiger partial charge in [-0.2, -0.15) is 9.40 Å². The lowest BCUT2D eigenvalue weighted by Crippen LogP contribution is -2.31. The Labute approximate surface area is 173 Å². The summed E-state index contributed by atoms with van der Waals surface area (Å²) in [5.74, 6) is -2.98. The molecule has 0 bridgehead atoms. The van der Waals surface area contributed by atoms with Gasteiger partial charge in [0, 0.05) is 37.5 Å². The second-order valence-electron chi connectivity index (χ2n) is 8.28. The second-order valence-corrected chi connectivity index (χ2v) is 16.7. The summed E-state index contributed by atoms with van der Waals surface area (Å²) in [6, 6.07) is 3.95. The van der Waals surface area contributed by atoms with Gasteiger partial charge in [0.2, 0.25) is 10.0 Å². The van der Waals surface area contributed by atoms with Crippen LogP contribution in [-0.2, 0) is 21.5 Å². The molecular weight excluding hydrogens is 472 g/mol. The smallest absolute Gasteiger partial charge is 0.262 e. The molecule has 2 heterocycles. The molecule has 156 valence electrons. The minimum atomic E-state index is -3.99. The molecule has 0 amide bonds. The third-order valence-electron chi connectivity index (χ3n) is 4.64. The van der Waals surface area contributed by atoms with Crippen LogP contribution in [0.1, 0.15) is 6.42 Å². The maximum Gasteiger partial charge on any atom is 0.262 e. The van der Waals surface area contributed by atoms with E-state index in [4.69, 9.17) is 4.74 Å². The number of alkyl halides is 2. The highest BCUT2D eigenvalue weighted by atomic mass is 79.9. The summed E-state index contributed by atoms with van der Waals surface area (Å²) < 4.78 is 61.2. The predicted octanol–water partition coefficient (Wildman–Crippen LogP) is 4.14. The fourth-order valence-corrected chi connectivity index (χ4v) is 6.11. The van der Waals surface area contributed by atoms with Crippen LogP contribution in [0.25, 0.3) is 10.9 Å². The summed E-state index contributed by atoms with van der Waals surface area (Å²) >= 11 is 3.40. The first-order valence-corrected chi connectivity index (χ1v) is 14.9. The molecule has 3 rings (SSSR count). The van der Waals surface area contributed by atoms with Gasteiger partial charge in [-0.1, -0.05) is 19.6 Å². The maximum absolute atomic E-state index is 13.5. The molecule has 1 saturated heterocycles. The summed E-state index contributed by atoms with van der Waals surface area (Å²) in [5, 5.41) is 4.88. The Balaban J connectivity index is 1.81. The molecule has 11 heteroatoms. The molecule has 0 N–H and O–H groups in total. The molecule has 1 aliphatic heterocycles. The number of sulfonamides is 1. The third kappa shape index (κ3) is 4.81. The first kappa shape index (κ1) is 21.8. The highest BCUT2D eigenvalue weighted by Crippen LogP contribution is 2.34. The van der Waals surface area contributed by atoms with Crippen molar-refractivity contribution < 1.29 is 21.9 Å². The number of rotatable bonds is 7. The fourth-order valence-electron chi connectivity index (χ4n) is 2.99. The number of fused-ring (bicyclic) bond motifs is 1. The summed E-state index contributed by atoms with van der Waals surface area (Å²) in [7, 11) is -5.18. The van der Waals surface area contributed by atoms with Crippen molar-refractivity contribution in [3.05, 3.63) is 22.8 Å².